The fourth-order valence-electron chi connectivity index (χ4n) is 2.14. The van der Waals surface area contributed by atoms with Crippen LogP contribution in [0.2, 0.25) is 0 Å². The maximum absolute atomic E-state index is 12.9. The second-order valence-corrected chi connectivity index (χ2v) is 4.96. The Bertz CT molecular complexity index is 807. The summed E-state index contributed by atoms with van der Waals surface area (Å²) < 4.78 is 18.3. The van der Waals surface area contributed by atoms with E-state index in [4.69, 9.17) is 9.52 Å². The van der Waals surface area contributed by atoms with Gasteiger partial charge in [-0.3, -0.25) is 4.79 Å². The molecule has 0 aliphatic carbocycles. The van der Waals surface area contributed by atoms with Crippen molar-refractivity contribution in [1.29, 1.82) is 0 Å². The molecule has 1 heterocycles. The Hall–Kier alpha value is -2.92. The minimum Gasteiger partial charge on any atom is -0.459 e. The first-order chi connectivity index (χ1) is 11.2. The first-order valence-corrected chi connectivity index (χ1v) is 7.02. The van der Waals surface area contributed by atoms with Crippen LogP contribution < -0.4 is 5.32 Å². The lowest BCUT2D eigenvalue weighted by Gasteiger charge is -2.06. The van der Waals surface area contributed by atoms with E-state index in [0.717, 1.165) is 5.56 Å². The monoisotopic (exact) mass is 311 g/mol. The van der Waals surface area contributed by atoms with E-state index < -0.39 is 0 Å². The number of carbonyl (C=O) groups excluding carboxylic acids is 1. The molecule has 2 aromatic carbocycles. The predicted molar refractivity (Wildman–Crippen MR) is 84.4 cm³/mol. The number of aliphatic hydroxyl groups excluding tert-OH is 1. The highest BCUT2D eigenvalue weighted by Crippen LogP contribution is 2.24. The Morgan fingerprint density at radius 2 is 1.70 bits per heavy atom. The number of anilines is 1. The van der Waals surface area contributed by atoms with Gasteiger partial charge in [0.05, 0.1) is 0 Å². The molecule has 0 aliphatic heterocycles. The van der Waals surface area contributed by atoms with E-state index in [9.17, 15) is 9.18 Å². The number of hydrogen-bond acceptors (Lipinski definition) is 3. The van der Waals surface area contributed by atoms with E-state index in [1.165, 1.54) is 24.3 Å². The second kappa shape index (κ2) is 6.46. The molecule has 0 aliphatic rings. The van der Waals surface area contributed by atoms with Crippen LogP contribution in [0.25, 0.3) is 11.3 Å². The molecule has 116 valence electrons. The number of rotatable bonds is 4. The quantitative estimate of drug-likeness (QED) is 0.769. The SMILES string of the molecule is O=C(Nc1ccc(-c2ccc(CO)o2)cc1)c1ccc(F)cc1. The molecule has 23 heavy (non-hydrogen) atoms. The van der Waals surface area contributed by atoms with Crippen molar-refractivity contribution in [3.05, 3.63) is 77.8 Å². The third-order valence-corrected chi connectivity index (χ3v) is 3.35. The van der Waals surface area contributed by atoms with E-state index in [1.54, 1.807) is 36.4 Å². The van der Waals surface area contributed by atoms with E-state index in [1.807, 2.05) is 0 Å². The van der Waals surface area contributed by atoms with Crippen LogP contribution >= 0.6 is 0 Å². The van der Waals surface area contributed by atoms with E-state index in [0.29, 0.717) is 22.8 Å². The number of halogens is 1. The van der Waals surface area contributed by atoms with Gasteiger partial charge in [0.2, 0.25) is 0 Å². The van der Waals surface area contributed by atoms with Crippen LogP contribution in [0, 0.1) is 5.82 Å². The van der Waals surface area contributed by atoms with Gasteiger partial charge in [-0.25, -0.2) is 4.39 Å². The van der Waals surface area contributed by atoms with Crippen LogP contribution in [-0.2, 0) is 6.61 Å². The minimum absolute atomic E-state index is 0.147. The molecule has 0 atom stereocenters. The highest BCUT2D eigenvalue weighted by Gasteiger charge is 2.08. The van der Waals surface area contributed by atoms with Gasteiger partial charge in [-0.05, 0) is 60.7 Å². The molecule has 3 rings (SSSR count). The third-order valence-electron chi connectivity index (χ3n) is 3.35. The van der Waals surface area contributed by atoms with Crippen LogP contribution in [0.5, 0.6) is 0 Å². The van der Waals surface area contributed by atoms with E-state index in [2.05, 4.69) is 5.32 Å². The maximum Gasteiger partial charge on any atom is 0.255 e. The van der Waals surface area contributed by atoms with E-state index in [-0.39, 0.29) is 18.3 Å². The molecule has 0 unspecified atom stereocenters. The zero-order valence-corrected chi connectivity index (χ0v) is 12.1. The van der Waals surface area contributed by atoms with Crippen molar-refractivity contribution in [3.63, 3.8) is 0 Å². The fourth-order valence-corrected chi connectivity index (χ4v) is 2.14. The molecule has 5 heteroatoms. The van der Waals surface area contributed by atoms with Gasteiger partial charge in [0.1, 0.15) is 23.9 Å². The topological polar surface area (TPSA) is 62.5 Å². The molecule has 0 saturated heterocycles. The van der Waals surface area contributed by atoms with Gasteiger partial charge in [0.25, 0.3) is 5.91 Å². The van der Waals surface area contributed by atoms with Gasteiger partial charge in [0, 0.05) is 16.8 Å². The Kier molecular flexibility index (Phi) is 4.21. The lowest BCUT2D eigenvalue weighted by molar-refractivity contribution is 0.102. The zero-order chi connectivity index (χ0) is 16.2. The largest absolute Gasteiger partial charge is 0.459 e. The fraction of sp³-hybridized carbons (Fsp3) is 0.0556. The summed E-state index contributed by atoms with van der Waals surface area (Å²) in [7, 11) is 0. The zero-order valence-electron chi connectivity index (χ0n) is 12.1. The number of furan rings is 1. The summed E-state index contributed by atoms with van der Waals surface area (Å²) in [5, 5.41) is 11.7. The molecule has 3 aromatic rings. The smallest absolute Gasteiger partial charge is 0.255 e. The average molecular weight is 311 g/mol. The number of aliphatic hydroxyl groups is 1. The van der Waals surface area contributed by atoms with Gasteiger partial charge in [0.15, 0.2) is 0 Å². The number of carbonyl (C=O) groups is 1. The lowest BCUT2D eigenvalue weighted by Crippen LogP contribution is -2.11. The third kappa shape index (κ3) is 3.46. The molecule has 4 nitrogen and oxygen atoms in total. The van der Waals surface area contributed by atoms with E-state index >= 15 is 0 Å². The first kappa shape index (κ1) is 15.0. The summed E-state index contributed by atoms with van der Waals surface area (Å²) in [5.41, 5.74) is 1.84. The summed E-state index contributed by atoms with van der Waals surface area (Å²) in [6, 6.07) is 15.9. The van der Waals surface area contributed by atoms with Crippen LogP contribution in [-0.4, -0.2) is 11.0 Å². The number of hydrogen-bond donors (Lipinski definition) is 2. The lowest BCUT2D eigenvalue weighted by atomic mass is 10.1. The highest BCUT2D eigenvalue weighted by atomic mass is 19.1. The van der Waals surface area contributed by atoms with Crippen molar-refractivity contribution < 1.29 is 18.7 Å². The summed E-state index contributed by atoms with van der Waals surface area (Å²) in [4.78, 5) is 12.0. The van der Waals surface area contributed by atoms with Gasteiger partial charge >= 0.3 is 0 Å². The van der Waals surface area contributed by atoms with Crippen molar-refractivity contribution in [1.82, 2.24) is 0 Å². The molecule has 0 saturated carbocycles. The van der Waals surface area contributed by atoms with Gasteiger partial charge in [-0.2, -0.15) is 0 Å². The molecule has 1 aromatic heterocycles. The molecular weight excluding hydrogens is 297 g/mol. The van der Waals surface area contributed by atoms with Gasteiger partial charge in [-0.15, -0.1) is 0 Å². The molecule has 1 amide bonds. The summed E-state index contributed by atoms with van der Waals surface area (Å²) in [6.07, 6.45) is 0. The number of amides is 1. The molecular formula is C18H14FNO3. The Morgan fingerprint density at radius 3 is 2.30 bits per heavy atom. The molecule has 0 fully saturated rings. The molecule has 0 radical (unpaired) electrons. The predicted octanol–water partition coefficient (Wildman–Crippen LogP) is 3.83. The summed E-state index contributed by atoms with van der Waals surface area (Å²) >= 11 is 0. The van der Waals surface area contributed by atoms with Crippen molar-refractivity contribution in [3.8, 4) is 11.3 Å². The normalized spacial score (nSPS) is 10.5. The van der Waals surface area contributed by atoms with Crippen molar-refractivity contribution in [2.75, 3.05) is 5.32 Å². The highest BCUT2D eigenvalue weighted by molar-refractivity contribution is 6.04. The first-order valence-electron chi connectivity index (χ1n) is 7.02. The number of nitrogens with one attached hydrogen (secondary N) is 1. The van der Waals surface area contributed by atoms with Crippen molar-refractivity contribution in [2.45, 2.75) is 6.61 Å². The van der Waals surface area contributed by atoms with Crippen molar-refractivity contribution in [2.24, 2.45) is 0 Å². The number of benzene rings is 2. The summed E-state index contributed by atoms with van der Waals surface area (Å²) in [5.74, 6) is 0.448. The molecule has 0 bridgehead atoms. The average Bonchev–Trinajstić information content (AvgIpc) is 3.05. The second-order valence-electron chi connectivity index (χ2n) is 4.96. The Balaban J connectivity index is 1.72. The Morgan fingerprint density at radius 1 is 1.00 bits per heavy atom. The van der Waals surface area contributed by atoms with Crippen LogP contribution in [0.4, 0.5) is 10.1 Å². The van der Waals surface area contributed by atoms with Gasteiger partial charge in [-0.1, -0.05) is 0 Å². The Labute approximate surface area is 132 Å². The van der Waals surface area contributed by atoms with Crippen LogP contribution in [0.15, 0.2) is 65.1 Å². The standard InChI is InChI=1S/C18H14FNO3/c19-14-5-1-13(2-6-14)18(22)20-15-7-3-12(4-8-15)17-10-9-16(11-21)23-17/h1-10,21H,11H2,(H,20,22). The maximum atomic E-state index is 12.9. The molecule has 0 spiro atoms. The molecule has 2 N–H and O–H groups in total. The van der Waals surface area contributed by atoms with Crippen LogP contribution in [0.1, 0.15) is 16.1 Å². The van der Waals surface area contributed by atoms with Crippen LogP contribution in [0.3, 0.4) is 0 Å². The summed E-state index contributed by atoms with van der Waals surface area (Å²) in [6.45, 7) is -0.147. The minimum atomic E-state index is -0.383. The van der Waals surface area contributed by atoms with Crippen molar-refractivity contribution >= 4 is 11.6 Å². The van der Waals surface area contributed by atoms with Gasteiger partial charge < -0.3 is 14.8 Å².